The van der Waals surface area contributed by atoms with Gasteiger partial charge in [0, 0.05) is 13.1 Å². The number of hydrogen-bond donors (Lipinski definition) is 1. The number of carbonyl (C=O) groups is 2. The Kier molecular flexibility index (Phi) is 4.53. The number of rotatable bonds is 2. The number of para-hydroxylation sites is 1. The van der Waals surface area contributed by atoms with Crippen molar-refractivity contribution in [2.45, 2.75) is 39.0 Å². The maximum Gasteiger partial charge on any atom is 0.290 e. The summed E-state index contributed by atoms with van der Waals surface area (Å²) in [6.45, 7) is 6.59. The van der Waals surface area contributed by atoms with E-state index in [1.54, 1.807) is 11.8 Å². The van der Waals surface area contributed by atoms with Crippen molar-refractivity contribution in [1.29, 1.82) is 0 Å². The first-order valence-corrected chi connectivity index (χ1v) is 8.14. The normalized spacial score (nSPS) is 27.5. The Bertz CT molecular complexity index is 651. The van der Waals surface area contributed by atoms with Crippen molar-refractivity contribution in [2.75, 3.05) is 18.1 Å². The minimum atomic E-state index is -0.610. The monoisotopic (exact) mass is 330 g/mol. The number of carbonyl (C=O) groups excluding carboxylic acids is 2. The van der Waals surface area contributed by atoms with Crippen LogP contribution < -0.4 is 10.4 Å². The Labute approximate surface area is 141 Å². The highest BCUT2D eigenvalue weighted by molar-refractivity contribution is 6.39. The lowest BCUT2D eigenvalue weighted by atomic mass is 10.2. The highest BCUT2D eigenvalue weighted by Gasteiger charge is 2.34. The first kappa shape index (κ1) is 16.4. The standard InChI is InChI=1S/C17H22N4O3/c1-11-9-20(10-12(2)24-11)17(23)15-18-13(3)16(22)21(19-15)14-7-5-4-6-8-14/h4-8,11-13H,9-10H2,1-3H3,(H,18,19). The molecule has 128 valence electrons. The van der Waals surface area contributed by atoms with Crippen molar-refractivity contribution in [2.24, 2.45) is 4.99 Å². The zero-order valence-electron chi connectivity index (χ0n) is 14.1. The second-order valence-electron chi connectivity index (χ2n) is 6.24. The van der Waals surface area contributed by atoms with Gasteiger partial charge >= 0.3 is 0 Å². The molecule has 3 rings (SSSR count). The zero-order chi connectivity index (χ0) is 17.3. The summed E-state index contributed by atoms with van der Waals surface area (Å²) in [5.41, 5.74) is 3.56. The summed E-state index contributed by atoms with van der Waals surface area (Å²) in [5, 5.41) is 1.39. The number of aliphatic imine (C=N–C) groups is 1. The number of amides is 2. The first-order chi connectivity index (χ1) is 11.5. The average molecular weight is 330 g/mol. The lowest BCUT2D eigenvalue weighted by Gasteiger charge is -2.37. The molecule has 1 fully saturated rings. The summed E-state index contributed by atoms with van der Waals surface area (Å²) in [6.07, 6.45) is -0.0441. The number of nitrogens with zero attached hydrogens (tertiary/aromatic N) is 3. The highest BCUT2D eigenvalue weighted by atomic mass is 16.5. The number of morpholine rings is 1. The van der Waals surface area contributed by atoms with E-state index in [0.717, 1.165) is 0 Å². The van der Waals surface area contributed by atoms with Crippen LogP contribution in [0.3, 0.4) is 0 Å². The molecule has 7 nitrogen and oxygen atoms in total. The smallest absolute Gasteiger partial charge is 0.290 e. The summed E-state index contributed by atoms with van der Waals surface area (Å²) in [4.78, 5) is 31.2. The Morgan fingerprint density at radius 2 is 1.79 bits per heavy atom. The van der Waals surface area contributed by atoms with E-state index in [4.69, 9.17) is 4.74 Å². The molecule has 0 aromatic heterocycles. The first-order valence-electron chi connectivity index (χ1n) is 8.14. The van der Waals surface area contributed by atoms with E-state index in [1.165, 1.54) is 5.01 Å². The number of anilines is 1. The zero-order valence-corrected chi connectivity index (χ0v) is 14.1. The SMILES string of the molecule is CC1CN(C(=O)C2=NC(C)C(=O)N(c3ccccc3)N2)CC(C)O1. The number of hydrazine groups is 1. The number of hydrogen-bond acceptors (Lipinski definition) is 5. The largest absolute Gasteiger partial charge is 0.372 e. The van der Waals surface area contributed by atoms with Crippen LogP contribution in [0.4, 0.5) is 5.69 Å². The van der Waals surface area contributed by atoms with Gasteiger partial charge in [-0.05, 0) is 32.9 Å². The Balaban J connectivity index is 1.81. The van der Waals surface area contributed by atoms with Crippen LogP contribution in [0.1, 0.15) is 20.8 Å². The van der Waals surface area contributed by atoms with Gasteiger partial charge in [0.1, 0.15) is 6.04 Å². The van der Waals surface area contributed by atoms with Crippen molar-refractivity contribution in [3.8, 4) is 0 Å². The molecule has 2 heterocycles. The number of benzene rings is 1. The molecule has 2 amide bonds. The Hall–Kier alpha value is -2.41. The lowest BCUT2D eigenvalue weighted by molar-refractivity contribution is -0.136. The molecule has 1 N–H and O–H groups in total. The van der Waals surface area contributed by atoms with E-state index in [9.17, 15) is 9.59 Å². The van der Waals surface area contributed by atoms with Crippen LogP contribution in [-0.2, 0) is 14.3 Å². The minimum Gasteiger partial charge on any atom is -0.372 e. The Morgan fingerprint density at radius 3 is 2.42 bits per heavy atom. The van der Waals surface area contributed by atoms with E-state index in [2.05, 4.69) is 10.4 Å². The lowest BCUT2D eigenvalue weighted by Crippen LogP contribution is -2.60. The third-order valence-corrected chi connectivity index (χ3v) is 4.04. The summed E-state index contributed by atoms with van der Waals surface area (Å²) in [6, 6.07) is 8.56. The van der Waals surface area contributed by atoms with Gasteiger partial charge < -0.3 is 9.64 Å². The molecular formula is C17H22N4O3. The van der Waals surface area contributed by atoms with Crippen LogP contribution in [0.25, 0.3) is 0 Å². The Morgan fingerprint density at radius 1 is 1.17 bits per heavy atom. The molecule has 0 aliphatic carbocycles. The highest BCUT2D eigenvalue weighted by Crippen LogP contribution is 2.17. The fourth-order valence-electron chi connectivity index (χ4n) is 2.99. The second-order valence-corrected chi connectivity index (χ2v) is 6.24. The van der Waals surface area contributed by atoms with Gasteiger partial charge in [-0.3, -0.25) is 15.0 Å². The van der Waals surface area contributed by atoms with E-state index >= 15 is 0 Å². The van der Waals surface area contributed by atoms with Crippen LogP contribution >= 0.6 is 0 Å². The summed E-state index contributed by atoms with van der Waals surface area (Å²) < 4.78 is 5.66. The van der Waals surface area contributed by atoms with E-state index in [-0.39, 0.29) is 29.9 Å². The van der Waals surface area contributed by atoms with Crippen molar-refractivity contribution in [3.63, 3.8) is 0 Å². The molecule has 24 heavy (non-hydrogen) atoms. The third kappa shape index (κ3) is 3.26. The van der Waals surface area contributed by atoms with Crippen LogP contribution in [0.5, 0.6) is 0 Å². The van der Waals surface area contributed by atoms with E-state index in [0.29, 0.717) is 18.8 Å². The quantitative estimate of drug-likeness (QED) is 0.876. The van der Waals surface area contributed by atoms with Crippen LogP contribution in [0.15, 0.2) is 35.3 Å². The predicted octanol–water partition coefficient (Wildman–Crippen LogP) is 0.961. The fraction of sp³-hybridized carbons (Fsp3) is 0.471. The molecular weight excluding hydrogens is 308 g/mol. The summed E-state index contributed by atoms with van der Waals surface area (Å²) >= 11 is 0. The minimum absolute atomic E-state index is 0.0221. The number of ether oxygens (including phenoxy) is 1. The van der Waals surface area contributed by atoms with Gasteiger partial charge in [-0.25, -0.2) is 10.0 Å². The molecule has 1 aromatic carbocycles. The third-order valence-electron chi connectivity index (χ3n) is 4.04. The molecule has 7 heteroatoms. The van der Waals surface area contributed by atoms with Crippen molar-refractivity contribution >= 4 is 23.3 Å². The van der Waals surface area contributed by atoms with E-state index in [1.807, 2.05) is 44.2 Å². The van der Waals surface area contributed by atoms with Gasteiger partial charge in [0.25, 0.3) is 11.8 Å². The van der Waals surface area contributed by atoms with Gasteiger partial charge in [0.2, 0.25) is 5.84 Å². The molecule has 3 unspecified atom stereocenters. The predicted molar refractivity (Wildman–Crippen MR) is 90.5 cm³/mol. The molecule has 3 atom stereocenters. The fourth-order valence-corrected chi connectivity index (χ4v) is 2.99. The van der Waals surface area contributed by atoms with Crippen molar-refractivity contribution in [1.82, 2.24) is 10.3 Å². The maximum absolute atomic E-state index is 12.8. The van der Waals surface area contributed by atoms with Gasteiger partial charge in [-0.2, -0.15) is 0 Å². The second kappa shape index (κ2) is 6.60. The molecule has 2 aliphatic rings. The molecule has 0 spiro atoms. The topological polar surface area (TPSA) is 74.2 Å². The van der Waals surface area contributed by atoms with Crippen molar-refractivity contribution in [3.05, 3.63) is 30.3 Å². The van der Waals surface area contributed by atoms with Crippen molar-refractivity contribution < 1.29 is 14.3 Å². The molecule has 0 bridgehead atoms. The summed E-state index contributed by atoms with van der Waals surface area (Å²) in [7, 11) is 0. The molecule has 0 radical (unpaired) electrons. The number of amidine groups is 1. The van der Waals surface area contributed by atoms with Crippen LogP contribution in [0, 0.1) is 0 Å². The van der Waals surface area contributed by atoms with Gasteiger partial charge in [0.05, 0.1) is 17.9 Å². The molecule has 2 aliphatic heterocycles. The van der Waals surface area contributed by atoms with Crippen LogP contribution in [0.2, 0.25) is 0 Å². The van der Waals surface area contributed by atoms with Gasteiger partial charge in [0.15, 0.2) is 0 Å². The molecule has 1 saturated heterocycles. The summed E-state index contributed by atoms with van der Waals surface area (Å²) in [5.74, 6) is -0.217. The van der Waals surface area contributed by atoms with Gasteiger partial charge in [-0.15, -0.1) is 0 Å². The average Bonchev–Trinajstić information content (AvgIpc) is 2.56. The van der Waals surface area contributed by atoms with Crippen LogP contribution in [-0.4, -0.2) is 53.9 Å². The number of nitrogens with one attached hydrogen (secondary N) is 1. The van der Waals surface area contributed by atoms with Gasteiger partial charge in [-0.1, -0.05) is 18.2 Å². The molecule has 0 saturated carbocycles. The van der Waals surface area contributed by atoms with E-state index < -0.39 is 6.04 Å². The maximum atomic E-state index is 12.8. The molecule has 1 aromatic rings.